The molecule has 2 aromatic rings. The third-order valence-corrected chi connectivity index (χ3v) is 5.07. The van der Waals surface area contributed by atoms with Gasteiger partial charge in [-0.15, -0.1) is 11.3 Å². The van der Waals surface area contributed by atoms with Crippen molar-refractivity contribution in [3.63, 3.8) is 0 Å². The monoisotopic (exact) mass is 331 g/mol. The van der Waals surface area contributed by atoms with Crippen molar-refractivity contribution in [1.82, 2.24) is 14.9 Å². The van der Waals surface area contributed by atoms with Gasteiger partial charge in [-0.3, -0.25) is 9.78 Å². The second kappa shape index (κ2) is 6.66. The quantitative estimate of drug-likeness (QED) is 0.867. The van der Waals surface area contributed by atoms with Gasteiger partial charge in [0.2, 0.25) is 0 Å². The van der Waals surface area contributed by atoms with Gasteiger partial charge in [0.05, 0.1) is 16.9 Å². The Balaban J connectivity index is 1.57. The number of carbonyl (C=O) groups excluding carboxylic acids is 1. The van der Waals surface area contributed by atoms with Crippen LogP contribution < -0.4 is 4.74 Å². The molecule has 2 aromatic heterocycles. The lowest BCUT2D eigenvalue weighted by Gasteiger charge is -2.32. The molecular weight excluding hydrogens is 310 g/mol. The lowest BCUT2D eigenvalue weighted by molar-refractivity contribution is 0.0598. The molecule has 1 amide bonds. The molecule has 0 bridgehead atoms. The molecule has 0 aromatic carbocycles. The van der Waals surface area contributed by atoms with Gasteiger partial charge in [0.25, 0.3) is 5.91 Å². The molecule has 1 aliphatic rings. The summed E-state index contributed by atoms with van der Waals surface area (Å²) in [5.74, 6) is 0.901. The number of amides is 1. The van der Waals surface area contributed by atoms with Crippen molar-refractivity contribution in [2.45, 2.75) is 39.7 Å². The van der Waals surface area contributed by atoms with Gasteiger partial charge in [-0.1, -0.05) is 0 Å². The first-order valence-electron chi connectivity index (χ1n) is 7.85. The zero-order valence-electron chi connectivity index (χ0n) is 13.7. The van der Waals surface area contributed by atoms with Crippen LogP contribution in [-0.2, 0) is 0 Å². The number of hydrogen-bond donors (Lipinski definition) is 0. The van der Waals surface area contributed by atoms with Crippen LogP contribution in [0, 0.1) is 20.8 Å². The lowest BCUT2D eigenvalue weighted by atomic mass is 10.1. The number of aryl methyl sites for hydroxylation is 3. The summed E-state index contributed by atoms with van der Waals surface area (Å²) >= 11 is 1.48. The fraction of sp³-hybridized carbons (Fsp3) is 0.471. The molecular formula is C17H21N3O2S. The second-order valence-electron chi connectivity index (χ2n) is 5.89. The summed E-state index contributed by atoms with van der Waals surface area (Å²) in [6.07, 6.45) is 3.59. The Hall–Kier alpha value is -1.95. The van der Waals surface area contributed by atoms with Crippen LogP contribution in [0.4, 0.5) is 0 Å². The number of likely N-dealkylation sites (tertiary alicyclic amines) is 1. The van der Waals surface area contributed by atoms with Gasteiger partial charge in [0.15, 0.2) is 0 Å². The zero-order chi connectivity index (χ0) is 16.4. The highest BCUT2D eigenvalue weighted by atomic mass is 32.1. The van der Waals surface area contributed by atoms with E-state index in [0.29, 0.717) is 0 Å². The Bertz CT molecular complexity index is 688. The molecule has 23 heavy (non-hydrogen) atoms. The summed E-state index contributed by atoms with van der Waals surface area (Å²) < 4.78 is 5.96. The van der Waals surface area contributed by atoms with Crippen molar-refractivity contribution in [2.75, 3.05) is 13.1 Å². The highest BCUT2D eigenvalue weighted by molar-refractivity contribution is 7.13. The molecule has 5 nitrogen and oxygen atoms in total. The van der Waals surface area contributed by atoms with Gasteiger partial charge < -0.3 is 9.64 Å². The number of carbonyl (C=O) groups is 1. The van der Waals surface area contributed by atoms with Gasteiger partial charge in [-0.25, -0.2) is 4.98 Å². The highest BCUT2D eigenvalue weighted by Crippen LogP contribution is 2.23. The van der Waals surface area contributed by atoms with Crippen molar-refractivity contribution in [3.8, 4) is 5.75 Å². The molecule has 0 atom stereocenters. The summed E-state index contributed by atoms with van der Waals surface area (Å²) in [5, 5.41) is 0.941. The third kappa shape index (κ3) is 3.69. The molecule has 0 spiro atoms. The summed E-state index contributed by atoms with van der Waals surface area (Å²) in [5.41, 5.74) is 1.81. The maximum absolute atomic E-state index is 12.6. The first-order valence-corrected chi connectivity index (χ1v) is 8.67. The summed E-state index contributed by atoms with van der Waals surface area (Å²) in [4.78, 5) is 23.8. The molecule has 6 heteroatoms. The van der Waals surface area contributed by atoms with E-state index in [-0.39, 0.29) is 12.0 Å². The molecule has 0 unspecified atom stereocenters. The van der Waals surface area contributed by atoms with E-state index in [2.05, 4.69) is 9.97 Å². The van der Waals surface area contributed by atoms with Gasteiger partial charge >= 0.3 is 0 Å². The summed E-state index contributed by atoms with van der Waals surface area (Å²) in [6, 6.07) is 3.90. The number of hydrogen-bond acceptors (Lipinski definition) is 5. The van der Waals surface area contributed by atoms with Crippen LogP contribution in [0.15, 0.2) is 18.3 Å². The number of ether oxygens (including phenoxy) is 1. The topological polar surface area (TPSA) is 55.3 Å². The van der Waals surface area contributed by atoms with Gasteiger partial charge in [0.1, 0.15) is 16.7 Å². The predicted molar refractivity (Wildman–Crippen MR) is 90.1 cm³/mol. The minimum atomic E-state index is 0.101. The van der Waals surface area contributed by atoms with Crippen LogP contribution in [0.5, 0.6) is 5.75 Å². The van der Waals surface area contributed by atoms with Crippen LogP contribution >= 0.6 is 11.3 Å². The number of piperidine rings is 1. The standard InChI is InChI=1S/C17H21N3O2S/c1-11-4-5-15(10-18-11)22-14-6-8-20(9-7-14)17(21)16-12(2)19-13(3)23-16/h4-5,10,14H,6-9H2,1-3H3. The van der Waals surface area contributed by atoms with Crippen molar-refractivity contribution < 1.29 is 9.53 Å². The van der Waals surface area contributed by atoms with E-state index >= 15 is 0 Å². The molecule has 0 saturated carbocycles. The molecule has 3 rings (SSSR count). The average Bonchev–Trinajstić information content (AvgIpc) is 2.88. The maximum Gasteiger partial charge on any atom is 0.265 e. The number of pyridine rings is 1. The Morgan fingerprint density at radius 3 is 2.57 bits per heavy atom. The summed E-state index contributed by atoms with van der Waals surface area (Å²) in [6.45, 7) is 7.23. The first-order chi connectivity index (χ1) is 11.0. The fourth-order valence-electron chi connectivity index (χ4n) is 2.77. The van der Waals surface area contributed by atoms with E-state index in [1.807, 2.05) is 37.8 Å². The lowest BCUT2D eigenvalue weighted by Crippen LogP contribution is -2.41. The van der Waals surface area contributed by atoms with Gasteiger partial charge in [0, 0.05) is 31.6 Å². The molecule has 1 saturated heterocycles. The van der Waals surface area contributed by atoms with E-state index in [4.69, 9.17) is 4.74 Å². The number of rotatable bonds is 3. The van der Waals surface area contributed by atoms with Crippen molar-refractivity contribution in [1.29, 1.82) is 0 Å². The number of thiazole rings is 1. The van der Waals surface area contributed by atoms with E-state index in [1.165, 1.54) is 11.3 Å². The Morgan fingerprint density at radius 2 is 2.00 bits per heavy atom. The molecule has 122 valence electrons. The van der Waals surface area contributed by atoms with Crippen LogP contribution in [0.1, 0.15) is 38.9 Å². The second-order valence-corrected chi connectivity index (χ2v) is 7.10. The Labute approximate surface area is 140 Å². The maximum atomic E-state index is 12.6. The van der Waals surface area contributed by atoms with Crippen LogP contribution in [0.2, 0.25) is 0 Å². The minimum Gasteiger partial charge on any atom is -0.489 e. The normalized spacial score (nSPS) is 15.7. The first kappa shape index (κ1) is 15.9. The molecule has 0 radical (unpaired) electrons. The number of nitrogens with zero attached hydrogens (tertiary/aromatic N) is 3. The molecule has 1 aliphatic heterocycles. The minimum absolute atomic E-state index is 0.101. The van der Waals surface area contributed by atoms with Crippen molar-refractivity contribution in [3.05, 3.63) is 39.6 Å². The average molecular weight is 331 g/mol. The molecule has 1 fully saturated rings. The van der Waals surface area contributed by atoms with Gasteiger partial charge in [-0.2, -0.15) is 0 Å². The zero-order valence-corrected chi connectivity index (χ0v) is 14.5. The van der Waals surface area contributed by atoms with Gasteiger partial charge in [-0.05, 0) is 32.9 Å². The smallest absolute Gasteiger partial charge is 0.265 e. The number of aromatic nitrogens is 2. The van der Waals surface area contributed by atoms with Crippen LogP contribution in [0.3, 0.4) is 0 Å². The van der Waals surface area contributed by atoms with Crippen molar-refractivity contribution >= 4 is 17.2 Å². The van der Waals surface area contributed by atoms with E-state index in [9.17, 15) is 4.79 Å². The SMILES string of the molecule is Cc1ccc(OC2CCN(C(=O)c3sc(C)nc3C)CC2)cn1. The van der Waals surface area contributed by atoms with Crippen molar-refractivity contribution in [2.24, 2.45) is 0 Å². The van der Waals surface area contributed by atoms with Crippen LogP contribution in [-0.4, -0.2) is 40.0 Å². The third-order valence-electron chi connectivity index (χ3n) is 4.01. The summed E-state index contributed by atoms with van der Waals surface area (Å²) in [7, 11) is 0. The molecule has 0 N–H and O–H groups in total. The van der Waals surface area contributed by atoms with E-state index in [0.717, 1.165) is 53.0 Å². The predicted octanol–water partition coefficient (Wildman–Crippen LogP) is 3.15. The molecule has 3 heterocycles. The Morgan fingerprint density at radius 1 is 1.26 bits per heavy atom. The highest BCUT2D eigenvalue weighted by Gasteiger charge is 2.26. The van der Waals surface area contributed by atoms with E-state index < -0.39 is 0 Å². The Kier molecular flexibility index (Phi) is 4.61. The van der Waals surface area contributed by atoms with E-state index in [1.54, 1.807) is 6.20 Å². The van der Waals surface area contributed by atoms with Crippen LogP contribution in [0.25, 0.3) is 0 Å². The largest absolute Gasteiger partial charge is 0.489 e. The fourth-order valence-corrected chi connectivity index (χ4v) is 3.65. The molecule has 0 aliphatic carbocycles.